The summed E-state index contributed by atoms with van der Waals surface area (Å²) in [6.07, 6.45) is -4.22. The van der Waals surface area contributed by atoms with Crippen molar-refractivity contribution in [2.24, 2.45) is 4.99 Å². The molecule has 0 saturated heterocycles. The Bertz CT molecular complexity index is 1180. The summed E-state index contributed by atoms with van der Waals surface area (Å²) in [5, 5.41) is 18.2. The molecule has 35 heavy (non-hydrogen) atoms. The van der Waals surface area contributed by atoms with Gasteiger partial charge in [-0.15, -0.1) is 13.2 Å². The zero-order chi connectivity index (χ0) is 25.4. The zero-order valence-corrected chi connectivity index (χ0v) is 19.7. The van der Waals surface area contributed by atoms with E-state index in [9.17, 15) is 18.3 Å². The number of halogens is 3. The van der Waals surface area contributed by atoms with Crippen molar-refractivity contribution in [2.75, 3.05) is 17.2 Å². The molecule has 1 heterocycles. The van der Waals surface area contributed by atoms with Gasteiger partial charge in [-0.25, -0.2) is 9.97 Å². The van der Waals surface area contributed by atoms with Crippen LogP contribution in [0.15, 0.2) is 59.6 Å². The lowest BCUT2D eigenvalue weighted by molar-refractivity contribution is -0.274. The minimum Gasteiger partial charge on any atom is -0.508 e. The molecule has 0 amide bonds. The predicted molar refractivity (Wildman–Crippen MR) is 132 cm³/mol. The summed E-state index contributed by atoms with van der Waals surface area (Å²) in [5.41, 5.74) is 2.77. The quantitative estimate of drug-likeness (QED) is 0.218. The van der Waals surface area contributed by atoms with E-state index in [0.717, 1.165) is 17.0 Å². The average molecular weight is 505 g/mol. The van der Waals surface area contributed by atoms with E-state index in [4.69, 9.17) is 12.2 Å². The van der Waals surface area contributed by atoms with Crippen LogP contribution in [0.3, 0.4) is 0 Å². The summed E-state index contributed by atoms with van der Waals surface area (Å²) >= 11 is 5.32. The van der Waals surface area contributed by atoms with E-state index in [0.29, 0.717) is 18.9 Å². The molecule has 0 fully saturated rings. The highest BCUT2D eigenvalue weighted by atomic mass is 32.1. The largest absolute Gasteiger partial charge is 0.573 e. The number of guanidine groups is 1. The number of hydrogen-bond donors (Lipinski definition) is 4. The van der Waals surface area contributed by atoms with E-state index in [1.165, 1.54) is 18.2 Å². The summed E-state index contributed by atoms with van der Waals surface area (Å²) in [6.45, 7) is 4.02. The number of ether oxygens (including phenoxy) is 1. The number of aromatic nitrogens is 2. The van der Waals surface area contributed by atoms with Gasteiger partial charge in [-0.1, -0.05) is 18.2 Å². The van der Waals surface area contributed by atoms with E-state index in [1.54, 1.807) is 30.3 Å². The van der Waals surface area contributed by atoms with Crippen molar-refractivity contribution in [1.29, 1.82) is 0 Å². The van der Waals surface area contributed by atoms with Gasteiger partial charge in [0.1, 0.15) is 11.5 Å². The third-order valence-electron chi connectivity index (χ3n) is 4.38. The van der Waals surface area contributed by atoms with E-state index >= 15 is 0 Å². The molecule has 3 aromatic rings. The summed E-state index contributed by atoms with van der Waals surface area (Å²) in [6, 6.07) is 13.9. The molecular formula is C23H23F3N6O2S. The number of aromatic hydroxyl groups is 1. The second kappa shape index (κ2) is 11.5. The Morgan fingerprint density at radius 1 is 1.03 bits per heavy atom. The van der Waals surface area contributed by atoms with Crippen molar-refractivity contribution < 1.29 is 23.0 Å². The maximum absolute atomic E-state index is 12.5. The highest BCUT2D eigenvalue weighted by molar-refractivity contribution is 7.80. The summed E-state index contributed by atoms with van der Waals surface area (Å²) in [7, 11) is 0. The van der Waals surface area contributed by atoms with Crippen LogP contribution in [0.5, 0.6) is 11.5 Å². The molecule has 3 rings (SSSR count). The number of hydrogen-bond acceptors (Lipinski definition) is 6. The Morgan fingerprint density at radius 3 is 2.37 bits per heavy atom. The molecule has 0 aliphatic rings. The Balaban J connectivity index is 1.71. The second-order valence-electron chi connectivity index (χ2n) is 7.40. The number of phenolic OH excluding ortho intramolecular Hbond substituents is 1. The van der Waals surface area contributed by atoms with Crippen LogP contribution in [0.2, 0.25) is 0 Å². The van der Waals surface area contributed by atoms with E-state index < -0.39 is 6.36 Å². The average Bonchev–Trinajstić information content (AvgIpc) is 2.73. The van der Waals surface area contributed by atoms with Gasteiger partial charge >= 0.3 is 6.36 Å². The first-order chi connectivity index (χ1) is 16.6. The number of nitrogens with one attached hydrogen (secondary N) is 3. The van der Waals surface area contributed by atoms with E-state index in [2.05, 4.69) is 35.6 Å². The number of aliphatic imine (C=N–C) groups is 1. The Morgan fingerprint density at radius 2 is 1.71 bits per heavy atom. The van der Waals surface area contributed by atoms with Gasteiger partial charge in [0.2, 0.25) is 11.9 Å². The number of nitrogens with zero attached hydrogens (tertiary/aromatic N) is 3. The fraction of sp³-hybridized carbons (Fsp3) is 0.217. The SMILES string of the molecule is Cc1cc(C)nc(NC(=NCCc2ccc(O)cc2)NC(=S)Nc2cccc(OC(F)(F)F)c2)n1. The fourth-order valence-corrected chi connectivity index (χ4v) is 3.21. The second-order valence-corrected chi connectivity index (χ2v) is 7.81. The highest BCUT2D eigenvalue weighted by Gasteiger charge is 2.31. The topological polar surface area (TPSA) is 104 Å². The first-order valence-corrected chi connectivity index (χ1v) is 10.8. The summed E-state index contributed by atoms with van der Waals surface area (Å²) in [5.74, 6) is 0.347. The Hall–Kier alpha value is -3.93. The van der Waals surface area contributed by atoms with Gasteiger partial charge in [0.15, 0.2) is 5.11 Å². The number of phenols is 1. The van der Waals surface area contributed by atoms with Crippen molar-refractivity contribution >= 4 is 34.9 Å². The van der Waals surface area contributed by atoms with Gasteiger partial charge < -0.3 is 20.5 Å². The summed E-state index contributed by atoms with van der Waals surface area (Å²) in [4.78, 5) is 13.2. The molecule has 0 aliphatic carbocycles. The highest BCUT2D eigenvalue weighted by Crippen LogP contribution is 2.25. The molecule has 2 aromatic carbocycles. The number of rotatable bonds is 6. The number of aryl methyl sites for hydroxylation is 2. The van der Waals surface area contributed by atoms with Crippen molar-refractivity contribution in [3.63, 3.8) is 0 Å². The van der Waals surface area contributed by atoms with Crippen LogP contribution in [0.25, 0.3) is 0 Å². The van der Waals surface area contributed by atoms with Gasteiger partial charge in [0, 0.05) is 29.7 Å². The van der Waals surface area contributed by atoms with Crippen molar-refractivity contribution in [3.8, 4) is 11.5 Å². The van der Waals surface area contributed by atoms with Gasteiger partial charge in [-0.3, -0.25) is 10.3 Å². The van der Waals surface area contributed by atoms with Gasteiger partial charge in [-0.05, 0) is 68.4 Å². The van der Waals surface area contributed by atoms with Crippen LogP contribution in [-0.4, -0.2) is 39.1 Å². The van der Waals surface area contributed by atoms with Crippen LogP contribution in [-0.2, 0) is 6.42 Å². The lowest BCUT2D eigenvalue weighted by atomic mass is 10.1. The number of thiocarbonyl (C=S) groups is 1. The molecule has 12 heteroatoms. The van der Waals surface area contributed by atoms with Crippen LogP contribution >= 0.6 is 12.2 Å². The standard InChI is InChI=1S/C23H23F3N6O2S/c1-14-12-15(2)29-21(28-14)31-20(27-11-10-16-6-8-18(33)9-7-16)32-22(35)30-17-4-3-5-19(13-17)34-23(24,25)26/h3-9,12-13,33H,10-11H2,1-2H3,(H3,27,28,29,30,31,32,35). The molecule has 0 unspecified atom stereocenters. The monoisotopic (exact) mass is 504 g/mol. The van der Waals surface area contributed by atoms with Crippen LogP contribution in [0.4, 0.5) is 24.8 Å². The first-order valence-electron chi connectivity index (χ1n) is 10.4. The van der Waals surface area contributed by atoms with Gasteiger partial charge in [-0.2, -0.15) is 0 Å². The Labute approximate surface area is 205 Å². The minimum absolute atomic E-state index is 0.0782. The molecule has 0 saturated carbocycles. The molecular weight excluding hydrogens is 481 g/mol. The number of alkyl halides is 3. The number of anilines is 2. The van der Waals surface area contributed by atoms with Crippen LogP contribution in [0.1, 0.15) is 17.0 Å². The molecule has 8 nitrogen and oxygen atoms in total. The van der Waals surface area contributed by atoms with Gasteiger partial charge in [0.25, 0.3) is 0 Å². The maximum Gasteiger partial charge on any atom is 0.573 e. The molecule has 0 aliphatic heterocycles. The van der Waals surface area contributed by atoms with E-state index in [-0.39, 0.29) is 28.3 Å². The lowest BCUT2D eigenvalue weighted by Crippen LogP contribution is -2.39. The van der Waals surface area contributed by atoms with Gasteiger partial charge in [0.05, 0.1) is 0 Å². The van der Waals surface area contributed by atoms with Crippen LogP contribution < -0.4 is 20.7 Å². The predicted octanol–water partition coefficient (Wildman–Crippen LogP) is 4.69. The minimum atomic E-state index is -4.80. The first kappa shape index (κ1) is 25.7. The molecule has 0 atom stereocenters. The van der Waals surface area contributed by atoms with E-state index in [1.807, 2.05) is 19.9 Å². The van der Waals surface area contributed by atoms with Crippen molar-refractivity contribution in [3.05, 3.63) is 71.5 Å². The molecule has 4 N–H and O–H groups in total. The fourth-order valence-electron chi connectivity index (χ4n) is 3.00. The third-order valence-corrected chi connectivity index (χ3v) is 4.58. The third kappa shape index (κ3) is 9.08. The molecule has 0 bridgehead atoms. The normalized spacial score (nSPS) is 11.6. The number of benzene rings is 2. The lowest BCUT2D eigenvalue weighted by Gasteiger charge is -2.15. The van der Waals surface area contributed by atoms with Crippen molar-refractivity contribution in [2.45, 2.75) is 26.6 Å². The van der Waals surface area contributed by atoms with Crippen LogP contribution in [0, 0.1) is 13.8 Å². The molecule has 0 spiro atoms. The zero-order valence-electron chi connectivity index (χ0n) is 18.8. The molecule has 0 radical (unpaired) electrons. The molecule has 1 aromatic heterocycles. The smallest absolute Gasteiger partial charge is 0.508 e. The Kier molecular flexibility index (Phi) is 8.42. The maximum atomic E-state index is 12.5. The van der Waals surface area contributed by atoms with Crippen molar-refractivity contribution in [1.82, 2.24) is 15.3 Å². The molecule has 184 valence electrons. The summed E-state index contributed by atoms with van der Waals surface area (Å²) < 4.78 is 41.4.